The van der Waals surface area contributed by atoms with E-state index >= 15 is 0 Å². The van der Waals surface area contributed by atoms with Gasteiger partial charge < -0.3 is 20.4 Å². The van der Waals surface area contributed by atoms with Crippen LogP contribution in [-0.2, 0) is 4.79 Å². The van der Waals surface area contributed by atoms with Gasteiger partial charge in [-0.2, -0.15) is 0 Å². The van der Waals surface area contributed by atoms with Crippen LogP contribution in [0, 0.1) is 0 Å². The number of carboxylic acid groups (broad SMARTS) is 1. The maximum absolute atomic E-state index is 11.2. The Hall–Kier alpha value is -1.76. The van der Waals surface area contributed by atoms with Crippen molar-refractivity contribution in [1.29, 1.82) is 0 Å². The fourth-order valence-electron chi connectivity index (χ4n) is 1.69. The number of aromatic amines is 2. The number of imidazole rings is 1. The Morgan fingerprint density at radius 3 is 2.61 bits per heavy atom. The fourth-order valence-corrected chi connectivity index (χ4v) is 2.15. The van der Waals surface area contributed by atoms with Gasteiger partial charge in [0, 0.05) is 4.47 Å². The quantitative estimate of drug-likeness (QED) is 0.693. The number of H-pyrrole nitrogens is 2. The molecular formula is C11H12BrN3O3. The van der Waals surface area contributed by atoms with E-state index in [0.29, 0.717) is 27.6 Å². The number of carbonyl (C=O) groups is 1. The first kappa shape index (κ1) is 12.7. The highest BCUT2D eigenvalue weighted by Gasteiger charge is 2.16. The number of aliphatic carboxylic acids is 1. The Labute approximate surface area is 111 Å². The Bertz CT molecular complexity index is 647. The molecular weight excluding hydrogens is 302 g/mol. The minimum absolute atomic E-state index is 0.292. The van der Waals surface area contributed by atoms with Crippen molar-refractivity contribution in [3.05, 3.63) is 27.1 Å². The third-order valence-corrected chi connectivity index (χ3v) is 3.30. The van der Waals surface area contributed by atoms with E-state index in [-0.39, 0.29) is 5.69 Å². The number of aromatic nitrogens is 2. The Morgan fingerprint density at radius 1 is 1.44 bits per heavy atom. The fraction of sp³-hybridized carbons (Fsp3) is 0.273. The van der Waals surface area contributed by atoms with E-state index in [1.807, 2.05) is 0 Å². The van der Waals surface area contributed by atoms with Crippen LogP contribution in [0.2, 0.25) is 0 Å². The molecule has 0 aliphatic carbocycles. The summed E-state index contributed by atoms with van der Waals surface area (Å²) in [7, 11) is 0. The van der Waals surface area contributed by atoms with Crippen LogP contribution < -0.4 is 11.0 Å². The zero-order valence-electron chi connectivity index (χ0n) is 9.58. The van der Waals surface area contributed by atoms with Gasteiger partial charge in [0.25, 0.3) is 0 Å². The van der Waals surface area contributed by atoms with Gasteiger partial charge in [-0.15, -0.1) is 0 Å². The highest BCUT2D eigenvalue weighted by molar-refractivity contribution is 9.10. The molecule has 4 N–H and O–H groups in total. The summed E-state index contributed by atoms with van der Waals surface area (Å²) >= 11 is 3.34. The molecule has 1 aromatic carbocycles. The molecule has 0 bridgehead atoms. The van der Waals surface area contributed by atoms with Gasteiger partial charge in [-0.3, -0.25) is 0 Å². The van der Waals surface area contributed by atoms with Crippen LogP contribution in [0.1, 0.15) is 13.3 Å². The van der Waals surface area contributed by atoms with E-state index in [1.54, 1.807) is 19.1 Å². The molecule has 0 saturated carbocycles. The number of rotatable bonds is 4. The Balaban J connectivity index is 2.41. The van der Waals surface area contributed by atoms with Crippen molar-refractivity contribution < 1.29 is 9.90 Å². The number of hydrogen-bond donors (Lipinski definition) is 4. The van der Waals surface area contributed by atoms with Crippen molar-refractivity contribution in [3.8, 4) is 0 Å². The van der Waals surface area contributed by atoms with E-state index in [1.165, 1.54) is 0 Å². The second kappa shape index (κ2) is 4.85. The van der Waals surface area contributed by atoms with Gasteiger partial charge in [-0.25, -0.2) is 9.59 Å². The molecule has 96 valence electrons. The predicted octanol–water partition coefficient (Wildman–Crippen LogP) is 1.89. The number of anilines is 1. The molecule has 7 heteroatoms. The molecule has 6 nitrogen and oxygen atoms in total. The smallest absolute Gasteiger partial charge is 0.326 e. The standard InChI is InChI=1S/C11H12BrN3O3/c1-2-6(10(16)17)13-7-4-9-8(3-5(7)12)14-11(18)15-9/h3-4,6,13H,2H2,1H3,(H,16,17)(H2,14,15,18). The van der Waals surface area contributed by atoms with E-state index < -0.39 is 12.0 Å². The average molecular weight is 314 g/mol. The molecule has 2 aromatic rings. The molecule has 0 radical (unpaired) electrons. The van der Waals surface area contributed by atoms with Crippen LogP contribution in [0.3, 0.4) is 0 Å². The highest BCUT2D eigenvalue weighted by Crippen LogP contribution is 2.27. The molecule has 1 aromatic heterocycles. The van der Waals surface area contributed by atoms with Crippen LogP contribution >= 0.6 is 15.9 Å². The number of carboxylic acids is 1. The Morgan fingerprint density at radius 2 is 2.06 bits per heavy atom. The largest absolute Gasteiger partial charge is 0.480 e. The summed E-state index contributed by atoms with van der Waals surface area (Å²) in [5, 5.41) is 11.9. The van der Waals surface area contributed by atoms with E-state index in [0.717, 1.165) is 0 Å². The summed E-state index contributed by atoms with van der Waals surface area (Å²) in [5.74, 6) is -0.910. The van der Waals surface area contributed by atoms with Crippen molar-refractivity contribution in [3.63, 3.8) is 0 Å². The maximum atomic E-state index is 11.2. The first-order chi connectivity index (χ1) is 8.51. The van der Waals surface area contributed by atoms with E-state index in [2.05, 4.69) is 31.2 Å². The molecule has 1 unspecified atom stereocenters. The zero-order chi connectivity index (χ0) is 13.3. The molecule has 1 atom stereocenters. The number of hydrogen-bond acceptors (Lipinski definition) is 3. The van der Waals surface area contributed by atoms with Crippen LogP contribution in [0.25, 0.3) is 11.0 Å². The molecule has 0 aliphatic heterocycles. The normalized spacial score (nSPS) is 12.6. The van der Waals surface area contributed by atoms with Crippen LogP contribution in [0.4, 0.5) is 5.69 Å². The second-order valence-corrected chi connectivity index (χ2v) is 4.75. The molecule has 0 fully saturated rings. The molecule has 0 aliphatic rings. The summed E-state index contributed by atoms with van der Waals surface area (Å²) < 4.78 is 0.699. The third-order valence-electron chi connectivity index (χ3n) is 2.64. The monoisotopic (exact) mass is 313 g/mol. The molecule has 0 spiro atoms. The summed E-state index contributed by atoms with van der Waals surface area (Å²) in [6.45, 7) is 1.79. The first-order valence-electron chi connectivity index (χ1n) is 5.42. The summed E-state index contributed by atoms with van der Waals surface area (Å²) in [4.78, 5) is 27.4. The Kier molecular flexibility index (Phi) is 3.42. The van der Waals surface area contributed by atoms with Gasteiger partial charge >= 0.3 is 11.7 Å². The summed E-state index contributed by atoms with van der Waals surface area (Å²) in [5.41, 5.74) is 1.64. The summed E-state index contributed by atoms with van der Waals surface area (Å²) in [6.07, 6.45) is 0.462. The molecule has 0 amide bonds. The second-order valence-electron chi connectivity index (χ2n) is 3.90. The van der Waals surface area contributed by atoms with Crippen molar-refractivity contribution in [1.82, 2.24) is 9.97 Å². The molecule has 2 rings (SSSR count). The lowest BCUT2D eigenvalue weighted by molar-refractivity contribution is -0.137. The molecule has 0 saturated heterocycles. The number of nitrogens with one attached hydrogen (secondary N) is 3. The number of benzene rings is 1. The average Bonchev–Trinajstić information content (AvgIpc) is 2.64. The van der Waals surface area contributed by atoms with Crippen molar-refractivity contribution >= 4 is 38.6 Å². The minimum Gasteiger partial charge on any atom is -0.480 e. The number of halogens is 1. The van der Waals surface area contributed by atoms with E-state index in [9.17, 15) is 9.59 Å². The summed E-state index contributed by atoms with van der Waals surface area (Å²) in [6, 6.07) is 2.76. The topological polar surface area (TPSA) is 98.0 Å². The highest BCUT2D eigenvalue weighted by atomic mass is 79.9. The molecule has 1 heterocycles. The van der Waals surface area contributed by atoms with E-state index in [4.69, 9.17) is 5.11 Å². The van der Waals surface area contributed by atoms with Gasteiger partial charge in [0.2, 0.25) is 0 Å². The lowest BCUT2D eigenvalue weighted by Gasteiger charge is -2.15. The van der Waals surface area contributed by atoms with Gasteiger partial charge in [-0.1, -0.05) is 6.92 Å². The lowest BCUT2D eigenvalue weighted by atomic mass is 10.2. The zero-order valence-corrected chi connectivity index (χ0v) is 11.2. The van der Waals surface area contributed by atoms with Crippen molar-refractivity contribution in [2.75, 3.05) is 5.32 Å². The van der Waals surface area contributed by atoms with Gasteiger partial charge in [-0.05, 0) is 34.5 Å². The van der Waals surface area contributed by atoms with Crippen LogP contribution in [-0.4, -0.2) is 27.1 Å². The SMILES string of the molecule is CCC(Nc1cc2[nH]c(=O)[nH]c2cc1Br)C(=O)O. The van der Waals surface area contributed by atoms with Gasteiger partial charge in [0.05, 0.1) is 16.7 Å². The first-order valence-corrected chi connectivity index (χ1v) is 6.21. The molecule has 18 heavy (non-hydrogen) atoms. The predicted molar refractivity (Wildman–Crippen MR) is 72.0 cm³/mol. The lowest BCUT2D eigenvalue weighted by Crippen LogP contribution is -2.28. The van der Waals surface area contributed by atoms with Gasteiger partial charge in [0.15, 0.2) is 0 Å². The van der Waals surface area contributed by atoms with Crippen LogP contribution in [0.15, 0.2) is 21.4 Å². The minimum atomic E-state index is -0.910. The van der Waals surface area contributed by atoms with Crippen molar-refractivity contribution in [2.24, 2.45) is 0 Å². The third kappa shape index (κ3) is 2.40. The van der Waals surface area contributed by atoms with Crippen molar-refractivity contribution in [2.45, 2.75) is 19.4 Å². The number of fused-ring (bicyclic) bond motifs is 1. The van der Waals surface area contributed by atoms with Crippen LogP contribution in [0.5, 0.6) is 0 Å². The maximum Gasteiger partial charge on any atom is 0.326 e. The van der Waals surface area contributed by atoms with Gasteiger partial charge in [0.1, 0.15) is 6.04 Å².